The normalized spacial score (nSPS) is 20.1. The Kier molecular flexibility index (Phi) is 7.15. The van der Waals surface area contributed by atoms with Gasteiger partial charge in [-0.25, -0.2) is 0 Å². The monoisotopic (exact) mass is 203 g/mol. The topological polar surface area (TPSA) is 44.5 Å². The molecule has 0 bridgehead atoms. The maximum atomic E-state index is 5.75. The molecule has 0 aromatic heterocycles. The van der Waals surface area contributed by atoms with E-state index in [1.807, 2.05) is 6.92 Å². The van der Waals surface area contributed by atoms with Crippen molar-refractivity contribution in [3.63, 3.8) is 0 Å². The summed E-state index contributed by atoms with van der Waals surface area (Å²) in [5, 5.41) is 0. The maximum Gasteiger partial charge on any atom is 0.0594 e. The van der Waals surface area contributed by atoms with Crippen LogP contribution in [-0.4, -0.2) is 32.5 Å². The van der Waals surface area contributed by atoms with Gasteiger partial charge in [0.2, 0.25) is 0 Å². The van der Waals surface area contributed by atoms with Gasteiger partial charge < -0.3 is 15.2 Å². The summed E-state index contributed by atoms with van der Waals surface area (Å²) in [4.78, 5) is 0. The quantitative estimate of drug-likeness (QED) is 0.684. The highest BCUT2D eigenvalue weighted by Crippen LogP contribution is 2.10. The first-order chi connectivity index (χ1) is 6.49. The van der Waals surface area contributed by atoms with Crippen molar-refractivity contribution in [2.75, 3.05) is 20.3 Å². The van der Waals surface area contributed by atoms with Crippen molar-refractivity contribution in [1.29, 1.82) is 0 Å². The van der Waals surface area contributed by atoms with Crippen molar-refractivity contribution < 1.29 is 9.47 Å². The van der Waals surface area contributed by atoms with Crippen LogP contribution in [0.1, 0.15) is 27.7 Å². The lowest BCUT2D eigenvalue weighted by atomic mass is 10.1. The molecule has 0 radical (unpaired) electrons. The number of hydrogen-bond acceptors (Lipinski definition) is 3. The molecular weight excluding hydrogens is 178 g/mol. The van der Waals surface area contributed by atoms with Crippen molar-refractivity contribution >= 4 is 0 Å². The molecule has 0 aromatic carbocycles. The van der Waals surface area contributed by atoms with Gasteiger partial charge in [0.05, 0.1) is 19.3 Å². The van der Waals surface area contributed by atoms with Crippen LogP contribution in [0.4, 0.5) is 0 Å². The fraction of sp³-hybridized carbons (Fsp3) is 1.00. The van der Waals surface area contributed by atoms with E-state index < -0.39 is 0 Å². The van der Waals surface area contributed by atoms with Gasteiger partial charge in [-0.1, -0.05) is 13.8 Å². The van der Waals surface area contributed by atoms with Crippen molar-refractivity contribution in [2.45, 2.75) is 39.8 Å². The van der Waals surface area contributed by atoms with E-state index in [1.54, 1.807) is 7.11 Å². The van der Waals surface area contributed by atoms with E-state index in [2.05, 4.69) is 20.8 Å². The molecule has 3 heteroatoms. The van der Waals surface area contributed by atoms with Gasteiger partial charge in [0.1, 0.15) is 0 Å². The van der Waals surface area contributed by atoms with Crippen molar-refractivity contribution in [1.82, 2.24) is 0 Å². The van der Waals surface area contributed by atoms with Gasteiger partial charge in [-0.3, -0.25) is 0 Å². The molecule has 0 aliphatic heterocycles. The Balaban J connectivity index is 3.67. The molecule has 0 saturated heterocycles. The SMILES string of the molecule is COCC(C)C(C)OCC(C)C(C)N. The molecule has 4 unspecified atom stereocenters. The Labute approximate surface area is 88.0 Å². The van der Waals surface area contributed by atoms with Crippen LogP contribution in [0.3, 0.4) is 0 Å². The zero-order valence-corrected chi connectivity index (χ0v) is 10.1. The Hall–Kier alpha value is -0.120. The Morgan fingerprint density at radius 3 is 2.00 bits per heavy atom. The smallest absolute Gasteiger partial charge is 0.0594 e. The molecular formula is C11H25NO2. The average Bonchev–Trinajstić information content (AvgIpc) is 2.13. The first-order valence-corrected chi connectivity index (χ1v) is 5.35. The third-order valence-corrected chi connectivity index (χ3v) is 2.75. The minimum absolute atomic E-state index is 0.194. The van der Waals surface area contributed by atoms with E-state index in [0.29, 0.717) is 11.8 Å². The van der Waals surface area contributed by atoms with Gasteiger partial charge >= 0.3 is 0 Å². The molecule has 4 atom stereocenters. The number of hydrogen-bond donors (Lipinski definition) is 1. The summed E-state index contributed by atoms with van der Waals surface area (Å²) in [6.45, 7) is 9.80. The molecule has 0 heterocycles. The average molecular weight is 203 g/mol. The van der Waals surface area contributed by atoms with Crippen LogP contribution in [0.15, 0.2) is 0 Å². The molecule has 0 aliphatic carbocycles. The second-order valence-corrected chi connectivity index (χ2v) is 4.31. The lowest BCUT2D eigenvalue weighted by molar-refractivity contribution is -0.0125. The Morgan fingerprint density at radius 1 is 1.00 bits per heavy atom. The molecule has 0 aromatic rings. The van der Waals surface area contributed by atoms with Crippen LogP contribution in [0.5, 0.6) is 0 Å². The number of nitrogens with two attached hydrogens (primary N) is 1. The molecule has 2 N–H and O–H groups in total. The summed E-state index contributed by atoms with van der Waals surface area (Å²) in [6.07, 6.45) is 0.233. The maximum absolute atomic E-state index is 5.75. The molecule has 3 nitrogen and oxygen atoms in total. The molecule has 0 fully saturated rings. The predicted molar refractivity (Wildman–Crippen MR) is 59.3 cm³/mol. The zero-order valence-electron chi connectivity index (χ0n) is 10.1. The van der Waals surface area contributed by atoms with E-state index in [4.69, 9.17) is 15.2 Å². The standard InChI is InChI=1S/C11H25NO2/c1-8(10(3)12)7-14-11(4)9(2)6-13-5/h8-11H,6-7,12H2,1-5H3. The summed E-state index contributed by atoms with van der Waals surface area (Å²) < 4.78 is 10.8. The number of methoxy groups -OCH3 is 1. The fourth-order valence-electron chi connectivity index (χ4n) is 1.02. The lowest BCUT2D eigenvalue weighted by Gasteiger charge is -2.23. The lowest BCUT2D eigenvalue weighted by Crippen LogP contribution is -2.31. The van der Waals surface area contributed by atoms with Crippen molar-refractivity contribution in [2.24, 2.45) is 17.6 Å². The first-order valence-electron chi connectivity index (χ1n) is 5.35. The van der Waals surface area contributed by atoms with E-state index in [-0.39, 0.29) is 12.1 Å². The van der Waals surface area contributed by atoms with Gasteiger partial charge in [-0.05, 0) is 19.8 Å². The first kappa shape index (κ1) is 13.9. The van der Waals surface area contributed by atoms with Gasteiger partial charge in [-0.15, -0.1) is 0 Å². The molecule has 0 saturated carbocycles. The van der Waals surface area contributed by atoms with Crippen molar-refractivity contribution in [3.8, 4) is 0 Å². The van der Waals surface area contributed by atoms with E-state index >= 15 is 0 Å². The summed E-state index contributed by atoms with van der Waals surface area (Å²) >= 11 is 0. The Bertz CT molecular complexity index is 139. The van der Waals surface area contributed by atoms with Crippen LogP contribution >= 0.6 is 0 Å². The van der Waals surface area contributed by atoms with Crippen LogP contribution in [-0.2, 0) is 9.47 Å². The third kappa shape index (κ3) is 5.58. The summed E-state index contributed by atoms with van der Waals surface area (Å²) in [5.74, 6) is 0.840. The molecule has 0 spiro atoms. The molecule has 0 aliphatic rings. The summed E-state index contributed by atoms with van der Waals surface area (Å²) in [6, 6.07) is 0.194. The van der Waals surface area contributed by atoms with E-state index in [0.717, 1.165) is 13.2 Å². The second-order valence-electron chi connectivity index (χ2n) is 4.31. The predicted octanol–water partition coefficient (Wildman–Crippen LogP) is 1.66. The minimum atomic E-state index is 0.194. The van der Waals surface area contributed by atoms with Gasteiger partial charge in [0, 0.05) is 19.1 Å². The van der Waals surface area contributed by atoms with Gasteiger partial charge in [0.15, 0.2) is 0 Å². The van der Waals surface area contributed by atoms with Gasteiger partial charge in [0.25, 0.3) is 0 Å². The second kappa shape index (κ2) is 7.21. The fourth-order valence-corrected chi connectivity index (χ4v) is 1.02. The molecule has 86 valence electrons. The highest BCUT2D eigenvalue weighted by molar-refractivity contribution is 4.65. The van der Waals surface area contributed by atoms with Crippen molar-refractivity contribution in [3.05, 3.63) is 0 Å². The highest BCUT2D eigenvalue weighted by Gasteiger charge is 2.15. The molecule has 0 amide bonds. The largest absolute Gasteiger partial charge is 0.384 e. The molecule has 0 rings (SSSR count). The Morgan fingerprint density at radius 2 is 1.57 bits per heavy atom. The number of rotatable bonds is 7. The highest BCUT2D eigenvalue weighted by atomic mass is 16.5. The van der Waals surface area contributed by atoms with Crippen LogP contribution < -0.4 is 5.73 Å². The van der Waals surface area contributed by atoms with Crippen LogP contribution in [0.2, 0.25) is 0 Å². The van der Waals surface area contributed by atoms with Crippen LogP contribution in [0, 0.1) is 11.8 Å². The van der Waals surface area contributed by atoms with E-state index in [1.165, 1.54) is 0 Å². The number of ether oxygens (including phenoxy) is 2. The van der Waals surface area contributed by atoms with Gasteiger partial charge in [-0.2, -0.15) is 0 Å². The minimum Gasteiger partial charge on any atom is -0.384 e. The molecule has 14 heavy (non-hydrogen) atoms. The van der Waals surface area contributed by atoms with Crippen LogP contribution in [0.25, 0.3) is 0 Å². The zero-order chi connectivity index (χ0) is 11.1. The third-order valence-electron chi connectivity index (χ3n) is 2.75. The summed E-state index contributed by atoms with van der Waals surface area (Å²) in [7, 11) is 1.72. The van der Waals surface area contributed by atoms with E-state index in [9.17, 15) is 0 Å². The summed E-state index contributed by atoms with van der Waals surface area (Å²) in [5.41, 5.74) is 5.75.